The van der Waals surface area contributed by atoms with Crippen LogP contribution in [0.4, 0.5) is 4.39 Å². The molecule has 1 aliphatic carbocycles. The molecule has 6 nitrogen and oxygen atoms in total. The molecule has 1 saturated heterocycles. The zero-order chi connectivity index (χ0) is 16.6. The first-order valence-corrected chi connectivity index (χ1v) is 7.43. The van der Waals surface area contributed by atoms with Gasteiger partial charge in [0.2, 0.25) is 0 Å². The summed E-state index contributed by atoms with van der Waals surface area (Å²) >= 11 is 0. The van der Waals surface area contributed by atoms with Crippen molar-refractivity contribution in [2.45, 2.75) is 43.9 Å². The van der Waals surface area contributed by atoms with Crippen molar-refractivity contribution in [2.75, 3.05) is 0 Å². The standard InChI is InChI=1S/C16H18FN2O4/c1-16(17)13(21)11(9-10-5-3-2-4-6-10)23-14(16)19-12(20)7-8-18-15(19)22/h2-3,5-8,11,13-14,21H,4,9H2,1H3,(H,18,22)/t11-,13-,14-,16-/m1/s1. The molecule has 2 heterocycles. The van der Waals surface area contributed by atoms with E-state index in [4.69, 9.17) is 4.74 Å². The average molecular weight is 321 g/mol. The zero-order valence-corrected chi connectivity index (χ0v) is 12.6. The number of aliphatic hydroxyl groups excluding tert-OH is 1. The smallest absolute Gasteiger partial charge is 0.330 e. The molecule has 1 aromatic heterocycles. The lowest BCUT2D eigenvalue weighted by Gasteiger charge is -2.24. The summed E-state index contributed by atoms with van der Waals surface area (Å²) in [5.41, 5.74) is -2.79. The van der Waals surface area contributed by atoms with Crippen LogP contribution in [0, 0.1) is 6.42 Å². The summed E-state index contributed by atoms with van der Waals surface area (Å²) in [6, 6.07) is 1.11. The Balaban J connectivity index is 1.91. The maximum absolute atomic E-state index is 15.0. The number of hydrogen-bond donors (Lipinski definition) is 2. The van der Waals surface area contributed by atoms with Crippen LogP contribution in [0.25, 0.3) is 0 Å². The second kappa shape index (κ2) is 5.90. The molecule has 23 heavy (non-hydrogen) atoms. The van der Waals surface area contributed by atoms with Gasteiger partial charge in [0.05, 0.1) is 6.10 Å². The van der Waals surface area contributed by atoms with Crippen molar-refractivity contribution in [3.05, 3.63) is 63.3 Å². The number of alkyl halides is 1. The van der Waals surface area contributed by atoms with Crippen molar-refractivity contribution < 1.29 is 14.2 Å². The van der Waals surface area contributed by atoms with E-state index in [1.54, 1.807) is 0 Å². The molecule has 4 atom stereocenters. The van der Waals surface area contributed by atoms with Crippen molar-refractivity contribution in [2.24, 2.45) is 0 Å². The van der Waals surface area contributed by atoms with E-state index in [1.165, 1.54) is 6.20 Å². The van der Waals surface area contributed by atoms with Crippen LogP contribution in [0.5, 0.6) is 0 Å². The van der Waals surface area contributed by atoms with Gasteiger partial charge >= 0.3 is 5.69 Å². The Morgan fingerprint density at radius 2 is 2.30 bits per heavy atom. The zero-order valence-electron chi connectivity index (χ0n) is 12.6. The highest BCUT2D eigenvalue weighted by Gasteiger charge is 2.55. The molecule has 2 aliphatic rings. The number of nitrogens with zero attached hydrogens (tertiary/aromatic N) is 1. The lowest BCUT2D eigenvalue weighted by Crippen LogP contribution is -2.46. The van der Waals surface area contributed by atoms with Gasteiger partial charge in [0.15, 0.2) is 11.9 Å². The van der Waals surface area contributed by atoms with E-state index < -0.39 is 35.4 Å². The minimum atomic E-state index is -2.26. The van der Waals surface area contributed by atoms with Gasteiger partial charge in [-0.3, -0.25) is 4.79 Å². The van der Waals surface area contributed by atoms with Gasteiger partial charge in [0.25, 0.3) is 5.56 Å². The van der Waals surface area contributed by atoms with Gasteiger partial charge in [-0.2, -0.15) is 0 Å². The lowest BCUT2D eigenvalue weighted by molar-refractivity contribution is -0.0521. The number of nitrogens with one attached hydrogen (secondary N) is 1. The van der Waals surface area contributed by atoms with Crippen molar-refractivity contribution in [3.8, 4) is 0 Å². The van der Waals surface area contributed by atoms with Crippen molar-refractivity contribution in [1.29, 1.82) is 0 Å². The summed E-state index contributed by atoms with van der Waals surface area (Å²) in [4.78, 5) is 26.1. The van der Waals surface area contributed by atoms with Crippen molar-refractivity contribution in [1.82, 2.24) is 9.55 Å². The SMILES string of the molecule is C[C@@]1(F)[C@H](O)[C@@H](CC2=CC=CC[CH]2)O[C@H]1n1c(=O)cc[nH]c1=O. The van der Waals surface area contributed by atoms with Gasteiger partial charge in [-0.1, -0.05) is 23.8 Å². The number of rotatable bonds is 3. The topological polar surface area (TPSA) is 84.3 Å². The first-order valence-electron chi connectivity index (χ1n) is 7.43. The fraction of sp³-hybridized carbons (Fsp3) is 0.438. The molecule has 0 amide bonds. The summed E-state index contributed by atoms with van der Waals surface area (Å²) in [7, 11) is 0. The monoisotopic (exact) mass is 321 g/mol. The van der Waals surface area contributed by atoms with Crippen LogP contribution in [0.3, 0.4) is 0 Å². The van der Waals surface area contributed by atoms with Crippen molar-refractivity contribution in [3.63, 3.8) is 0 Å². The summed E-state index contributed by atoms with van der Waals surface area (Å²) < 4.78 is 21.2. The van der Waals surface area contributed by atoms with Gasteiger partial charge < -0.3 is 14.8 Å². The molecular formula is C16H18FN2O4. The maximum Gasteiger partial charge on any atom is 0.330 e. The molecule has 123 valence electrons. The second-order valence-corrected chi connectivity index (χ2v) is 5.93. The van der Waals surface area contributed by atoms with Gasteiger partial charge in [0.1, 0.15) is 6.10 Å². The third-order valence-electron chi connectivity index (χ3n) is 4.24. The Bertz CT molecular complexity index is 734. The van der Waals surface area contributed by atoms with E-state index in [0.29, 0.717) is 11.0 Å². The Morgan fingerprint density at radius 1 is 1.52 bits per heavy atom. The Morgan fingerprint density at radius 3 is 2.96 bits per heavy atom. The fourth-order valence-corrected chi connectivity index (χ4v) is 2.95. The Kier molecular flexibility index (Phi) is 4.08. The summed E-state index contributed by atoms with van der Waals surface area (Å²) in [6.07, 6.45) is 6.19. The molecule has 0 aromatic carbocycles. The number of aromatic amines is 1. The lowest BCUT2D eigenvalue weighted by atomic mass is 9.92. The quantitative estimate of drug-likeness (QED) is 0.870. The number of allylic oxidation sites excluding steroid dienone is 3. The third kappa shape index (κ3) is 2.82. The molecule has 0 saturated carbocycles. The highest BCUT2D eigenvalue weighted by atomic mass is 19.1. The molecule has 1 fully saturated rings. The normalized spacial score (nSPS) is 33.7. The Hall–Kier alpha value is -1.99. The number of ether oxygens (including phenoxy) is 1. The molecule has 2 N–H and O–H groups in total. The molecule has 1 aliphatic heterocycles. The number of aliphatic hydroxyl groups is 1. The summed E-state index contributed by atoms with van der Waals surface area (Å²) in [5.74, 6) is 0. The number of hydrogen-bond acceptors (Lipinski definition) is 4. The molecule has 3 rings (SSSR count). The van der Waals surface area contributed by atoms with Gasteiger partial charge in [-0.15, -0.1) is 0 Å². The van der Waals surface area contributed by atoms with Gasteiger partial charge in [-0.25, -0.2) is 13.8 Å². The Labute approximate surface area is 131 Å². The van der Waals surface area contributed by atoms with Crippen LogP contribution in [0.1, 0.15) is 26.0 Å². The van der Waals surface area contributed by atoms with Crippen LogP contribution in [-0.2, 0) is 4.74 Å². The third-order valence-corrected chi connectivity index (χ3v) is 4.24. The second-order valence-electron chi connectivity index (χ2n) is 5.93. The number of H-pyrrole nitrogens is 1. The molecule has 0 unspecified atom stereocenters. The predicted molar refractivity (Wildman–Crippen MR) is 81.5 cm³/mol. The van der Waals surface area contributed by atoms with Crippen LogP contribution in [0.2, 0.25) is 0 Å². The number of halogens is 1. The van der Waals surface area contributed by atoms with Crippen LogP contribution < -0.4 is 11.2 Å². The minimum absolute atomic E-state index is 0.307. The maximum atomic E-state index is 15.0. The molecule has 0 bridgehead atoms. The van der Waals surface area contributed by atoms with Crippen LogP contribution in [-0.4, -0.2) is 32.5 Å². The highest BCUT2D eigenvalue weighted by molar-refractivity contribution is 5.27. The molecule has 1 radical (unpaired) electrons. The predicted octanol–water partition coefficient (Wildman–Crippen LogP) is 1.00. The number of aromatic nitrogens is 2. The molecule has 0 spiro atoms. The molecule has 7 heteroatoms. The van der Waals surface area contributed by atoms with Gasteiger partial charge in [-0.05, 0) is 26.2 Å². The van der Waals surface area contributed by atoms with E-state index in [9.17, 15) is 19.1 Å². The van der Waals surface area contributed by atoms with E-state index in [0.717, 1.165) is 25.0 Å². The molecule has 1 aromatic rings. The first-order chi connectivity index (χ1) is 10.9. The fourth-order valence-electron chi connectivity index (χ4n) is 2.95. The van der Waals surface area contributed by atoms with Crippen molar-refractivity contribution >= 4 is 0 Å². The van der Waals surface area contributed by atoms with E-state index in [1.807, 2.05) is 24.6 Å². The minimum Gasteiger partial charge on any atom is -0.387 e. The van der Waals surface area contributed by atoms with E-state index in [2.05, 4.69) is 4.98 Å². The average Bonchev–Trinajstić information content (AvgIpc) is 2.72. The largest absolute Gasteiger partial charge is 0.387 e. The van der Waals surface area contributed by atoms with E-state index in [-0.39, 0.29) is 0 Å². The van der Waals surface area contributed by atoms with E-state index >= 15 is 0 Å². The highest BCUT2D eigenvalue weighted by Crippen LogP contribution is 2.42. The molecular weight excluding hydrogens is 303 g/mol. The van der Waals surface area contributed by atoms with Crippen LogP contribution >= 0.6 is 0 Å². The van der Waals surface area contributed by atoms with Gasteiger partial charge in [0, 0.05) is 12.3 Å². The summed E-state index contributed by atoms with van der Waals surface area (Å²) in [5, 5.41) is 10.3. The van der Waals surface area contributed by atoms with Crippen LogP contribution in [0.15, 0.2) is 45.7 Å². The summed E-state index contributed by atoms with van der Waals surface area (Å²) in [6.45, 7) is 1.14. The first kappa shape index (κ1) is 15.9.